The third kappa shape index (κ3) is 1.35. The van der Waals surface area contributed by atoms with Crippen molar-refractivity contribution < 1.29 is 4.39 Å². The molecule has 0 saturated heterocycles. The lowest BCUT2D eigenvalue weighted by molar-refractivity contribution is 0.619. The predicted molar refractivity (Wildman–Crippen MR) is 53.1 cm³/mol. The van der Waals surface area contributed by atoms with E-state index in [1.165, 1.54) is 6.07 Å². The van der Waals surface area contributed by atoms with Crippen LogP contribution in [0, 0.1) is 12.7 Å². The van der Waals surface area contributed by atoms with E-state index in [9.17, 15) is 4.39 Å². The fourth-order valence-electron chi connectivity index (χ4n) is 1.34. The van der Waals surface area contributed by atoms with Crippen molar-refractivity contribution in [2.75, 3.05) is 5.73 Å². The number of H-pyrrole nitrogens is 1. The lowest BCUT2D eigenvalue weighted by Crippen LogP contribution is -1.89. The summed E-state index contributed by atoms with van der Waals surface area (Å²) in [5.74, 6) is 0.284. The van der Waals surface area contributed by atoms with E-state index >= 15 is 0 Å². The van der Waals surface area contributed by atoms with Gasteiger partial charge in [0, 0.05) is 5.56 Å². The molecule has 0 spiro atoms. The summed E-state index contributed by atoms with van der Waals surface area (Å²) in [4.78, 5) is 0. The summed E-state index contributed by atoms with van der Waals surface area (Å²) in [7, 11) is 0. The zero-order valence-corrected chi connectivity index (χ0v) is 7.71. The second-order valence-corrected chi connectivity index (χ2v) is 3.16. The second kappa shape index (κ2) is 3.14. The Morgan fingerprint density at radius 2 is 2.21 bits per heavy atom. The summed E-state index contributed by atoms with van der Waals surface area (Å²) in [6.45, 7) is 1.72. The Morgan fingerprint density at radius 3 is 2.79 bits per heavy atom. The number of aryl methyl sites for hydroxylation is 1. The third-order valence-corrected chi connectivity index (χ3v) is 2.14. The van der Waals surface area contributed by atoms with Crippen molar-refractivity contribution in [2.24, 2.45) is 0 Å². The molecule has 2 rings (SSSR count). The molecule has 72 valence electrons. The van der Waals surface area contributed by atoms with Crippen molar-refractivity contribution in [3.05, 3.63) is 35.8 Å². The average molecular weight is 191 g/mol. The van der Waals surface area contributed by atoms with Crippen molar-refractivity contribution in [1.82, 2.24) is 10.2 Å². The highest BCUT2D eigenvalue weighted by Crippen LogP contribution is 2.24. The van der Waals surface area contributed by atoms with Crippen LogP contribution in [0.15, 0.2) is 24.4 Å². The van der Waals surface area contributed by atoms with E-state index < -0.39 is 0 Å². The van der Waals surface area contributed by atoms with Crippen LogP contribution < -0.4 is 5.73 Å². The van der Waals surface area contributed by atoms with Crippen LogP contribution in [0.3, 0.4) is 0 Å². The average Bonchev–Trinajstić information content (AvgIpc) is 2.57. The lowest BCUT2D eigenvalue weighted by Gasteiger charge is -2.01. The maximum atomic E-state index is 13.0. The molecule has 0 aliphatic rings. The number of anilines is 1. The maximum absolute atomic E-state index is 13.0. The number of aromatic nitrogens is 2. The normalized spacial score (nSPS) is 10.4. The van der Waals surface area contributed by atoms with E-state index in [4.69, 9.17) is 5.73 Å². The van der Waals surface area contributed by atoms with Crippen LogP contribution in [0.25, 0.3) is 11.1 Å². The Bertz CT molecular complexity index is 462. The van der Waals surface area contributed by atoms with Crippen LogP contribution in [-0.4, -0.2) is 10.2 Å². The quantitative estimate of drug-likeness (QED) is 0.725. The van der Waals surface area contributed by atoms with Crippen molar-refractivity contribution in [1.29, 1.82) is 0 Å². The predicted octanol–water partition coefficient (Wildman–Crippen LogP) is 2.11. The SMILES string of the molecule is Cc1cc(-c2cn[nH]c2N)ccc1F. The first-order chi connectivity index (χ1) is 6.68. The summed E-state index contributed by atoms with van der Waals surface area (Å²) in [5.41, 5.74) is 7.92. The van der Waals surface area contributed by atoms with E-state index in [-0.39, 0.29) is 5.82 Å². The van der Waals surface area contributed by atoms with Gasteiger partial charge >= 0.3 is 0 Å². The molecule has 3 nitrogen and oxygen atoms in total. The molecule has 0 saturated carbocycles. The molecule has 0 bridgehead atoms. The Kier molecular flexibility index (Phi) is 1.96. The minimum Gasteiger partial charge on any atom is -0.384 e. The number of rotatable bonds is 1. The van der Waals surface area contributed by atoms with E-state index in [0.29, 0.717) is 11.4 Å². The van der Waals surface area contributed by atoms with Crippen LogP contribution in [-0.2, 0) is 0 Å². The number of nitrogen functional groups attached to an aromatic ring is 1. The Hall–Kier alpha value is -1.84. The van der Waals surface area contributed by atoms with Gasteiger partial charge in [0.2, 0.25) is 0 Å². The van der Waals surface area contributed by atoms with Gasteiger partial charge in [-0.1, -0.05) is 6.07 Å². The first-order valence-corrected chi connectivity index (χ1v) is 4.24. The molecule has 0 aliphatic heterocycles. The summed E-state index contributed by atoms with van der Waals surface area (Å²) in [6.07, 6.45) is 1.63. The van der Waals surface area contributed by atoms with Gasteiger partial charge in [-0.25, -0.2) is 4.39 Å². The molecule has 4 heteroatoms. The zero-order valence-electron chi connectivity index (χ0n) is 7.71. The summed E-state index contributed by atoms with van der Waals surface area (Å²) >= 11 is 0. The Balaban J connectivity index is 2.53. The lowest BCUT2D eigenvalue weighted by atomic mass is 10.1. The van der Waals surface area contributed by atoms with E-state index in [0.717, 1.165) is 11.1 Å². The van der Waals surface area contributed by atoms with E-state index in [2.05, 4.69) is 10.2 Å². The number of benzene rings is 1. The third-order valence-electron chi connectivity index (χ3n) is 2.14. The van der Waals surface area contributed by atoms with Gasteiger partial charge in [0.25, 0.3) is 0 Å². The van der Waals surface area contributed by atoms with Gasteiger partial charge in [0.05, 0.1) is 6.20 Å². The molecule has 0 unspecified atom stereocenters. The van der Waals surface area contributed by atoms with Crippen molar-refractivity contribution in [3.63, 3.8) is 0 Å². The van der Waals surface area contributed by atoms with Crippen molar-refractivity contribution >= 4 is 5.82 Å². The first kappa shape index (κ1) is 8.74. The topological polar surface area (TPSA) is 54.7 Å². The molecular weight excluding hydrogens is 181 g/mol. The standard InChI is InChI=1S/C10H10FN3/c1-6-4-7(2-3-9(6)11)8-5-13-14-10(8)12/h2-5H,1H3,(H3,12,13,14). The van der Waals surface area contributed by atoms with Crippen LogP contribution >= 0.6 is 0 Å². The highest BCUT2D eigenvalue weighted by molar-refractivity contribution is 5.73. The second-order valence-electron chi connectivity index (χ2n) is 3.16. The zero-order chi connectivity index (χ0) is 10.1. The number of hydrogen-bond acceptors (Lipinski definition) is 2. The molecular formula is C10H10FN3. The van der Waals surface area contributed by atoms with Gasteiger partial charge in [-0.05, 0) is 30.2 Å². The molecule has 3 N–H and O–H groups in total. The Labute approximate surface area is 80.8 Å². The van der Waals surface area contributed by atoms with Gasteiger partial charge in [0.1, 0.15) is 11.6 Å². The summed E-state index contributed by atoms with van der Waals surface area (Å²) < 4.78 is 13.0. The number of nitrogens with zero attached hydrogens (tertiary/aromatic N) is 1. The van der Waals surface area contributed by atoms with Crippen LogP contribution in [0.5, 0.6) is 0 Å². The molecule has 1 aromatic carbocycles. The summed E-state index contributed by atoms with van der Waals surface area (Å²) in [6, 6.07) is 4.86. The molecule has 14 heavy (non-hydrogen) atoms. The molecule has 0 atom stereocenters. The van der Waals surface area contributed by atoms with Crippen LogP contribution in [0.2, 0.25) is 0 Å². The van der Waals surface area contributed by atoms with Crippen LogP contribution in [0.1, 0.15) is 5.56 Å². The Morgan fingerprint density at radius 1 is 1.43 bits per heavy atom. The number of aromatic amines is 1. The fourth-order valence-corrected chi connectivity index (χ4v) is 1.34. The molecule has 1 aromatic heterocycles. The number of hydrogen-bond donors (Lipinski definition) is 2. The molecule has 0 radical (unpaired) electrons. The van der Waals surface area contributed by atoms with Crippen LogP contribution in [0.4, 0.5) is 10.2 Å². The molecule has 0 fully saturated rings. The van der Waals surface area contributed by atoms with Crippen molar-refractivity contribution in [2.45, 2.75) is 6.92 Å². The van der Waals surface area contributed by atoms with Gasteiger partial charge < -0.3 is 5.73 Å². The number of nitrogens with one attached hydrogen (secondary N) is 1. The monoisotopic (exact) mass is 191 g/mol. The highest BCUT2D eigenvalue weighted by atomic mass is 19.1. The maximum Gasteiger partial charge on any atom is 0.126 e. The molecule has 0 amide bonds. The highest BCUT2D eigenvalue weighted by Gasteiger charge is 2.05. The molecule has 1 heterocycles. The number of nitrogens with two attached hydrogens (primary N) is 1. The number of halogens is 1. The van der Waals surface area contributed by atoms with Gasteiger partial charge in [-0.15, -0.1) is 0 Å². The largest absolute Gasteiger partial charge is 0.384 e. The molecule has 0 aliphatic carbocycles. The van der Waals surface area contributed by atoms with E-state index in [1.54, 1.807) is 25.3 Å². The van der Waals surface area contributed by atoms with Gasteiger partial charge in [0.15, 0.2) is 0 Å². The fraction of sp³-hybridized carbons (Fsp3) is 0.100. The van der Waals surface area contributed by atoms with Gasteiger partial charge in [-0.3, -0.25) is 5.10 Å². The summed E-state index contributed by atoms with van der Waals surface area (Å²) in [5, 5.41) is 6.44. The molecule has 2 aromatic rings. The minimum atomic E-state index is -0.212. The first-order valence-electron chi connectivity index (χ1n) is 4.24. The van der Waals surface area contributed by atoms with Crippen molar-refractivity contribution in [3.8, 4) is 11.1 Å². The minimum absolute atomic E-state index is 0.212. The smallest absolute Gasteiger partial charge is 0.126 e. The van der Waals surface area contributed by atoms with E-state index in [1.807, 2.05) is 0 Å². The van der Waals surface area contributed by atoms with Gasteiger partial charge in [-0.2, -0.15) is 5.10 Å².